The molecular weight excluding hydrogens is 274 g/mol. The van der Waals surface area contributed by atoms with Gasteiger partial charge in [-0.15, -0.1) is 0 Å². The summed E-state index contributed by atoms with van der Waals surface area (Å²) in [4.78, 5) is 8.38. The summed E-state index contributed by atoms with van der Waals surface area (Å²) in [6, 6.07) is -0.115. The van der Waals surface area contributed by atoms with Crippen LogP contribution in [0.4, 0.5) is 0 Å². The molecule has 5 nitrogen and oxygen atoms in total. The SMILES string of the molecule is O=S(=O)(C1CCCCC1)N1CCC[C@H]1c1cnccn1. The topological polar surface area (TPSA) is 63.2 Å². The number of aromatic nitrogens is 2. The Kier molecular flexibility index (Phi) is 4.03. The summed E-state index contributed by atoms with van der Waals surface area (Å²) in [5.74, 6) is 0. The van der Waals surface area contributed by atoms with Crippen molar-refractivity contribution < 1.29 is 8.42 Å². The molecule has 1 aromatic heterocycles. The standard InChI is InChI=1S/C14H21N3O2S/c18-20(19,12-5-2-1-3-6-12)17-10-4-7-14(17)13-11-15-8-9-16-13/h8-9,11-12,14H,1-7,10H2/t14-/m0/s1. The van der Waals surface area contributed by atoms with Gasteiger partial charge in [-0.2, -0.15) is 4.31 Å². The van der Waals surface area contributed by atoms with Gasteiger partial charge in [-0.3, -0.25) is 9.97 Å². The van der Waals surface area contributed by atoms with Crippen LogP contribution in [0.2, 0.25) is 0 Å². The largest absolute Gasteiger partial charge is 0.261 e. The van der Waals surface area contributed by atoms with E-state index >= 15 is 0 Å². The molecule has 0 N–H and O–H groups in total. The van der Waals surface area contributed by atoms with Gasteiger partial charge in [0.15, 0.2) is 0 Å². The van der Waals surface area contributed by atoms with Crippen LogP contribution in [-0.2, 0) is 10.0 Å². The molecule has 0 unspecified atom stereocenters. The Labute approximate surface area is 120 Å². The predicted octanol–water partition coefficient (Wildman–Crippen LogP) is 2.28. The molecule has 1 aliphatic carbocycles. The molecule has 20 heavy (non-hydrogen) atoms. The van der Waals surface area contributed by atoms with Gasteiger partial charge in [0.1, 0.15) is 0 Å². The molecule has 1 aliphatic heterocycles. The normalized spacial score (nSPS) is 25.9. The maximum Gasteiger partial charge on any atom is 0.217 e. The highest BCUT2D eigenvalue weighted by molar-refractivity contribution is 7.89. The molecule has 6 heteroatoms. The second-order valence-electron chi connectivity index (χ2n) is 5.70. The molecular formula is C14H21N3O2S. The molecule has 2 fully saturated rings. The van der Waals surface area contributed by atoms with E-state index in [2.05, 4.69) is 9.97 Å². The number of hydrogen-bond acceptors (Lipinski definition) is 4. The molecule has 1 saturated carbocycles. The van der Waals surface area contributed by atoms with E-state index in [4.69, 9.17) is 0 Å². The third kappa shape index (κ3) is 2.59. The highest BCUT2D eigenvalue weighted by Gasteiger charge is 2.40. The molecule has 0 amide bonds. The van der Waals surface area contributed by atoms with E-state index in [-0.39, 0.29) is 11.3 Å². The first-order valence-corrected chi connectivity index (χ1v) is 8.96. The summed E-state index contributed by atoms with van der Waals surface area (Å²) >= 11 is 0. The van der Waals surface area contributed by atoms with E-state index in [1.165, 1.54) is 6.42 Å². The highest BCUT2D eigenvalue weighted by Crippen LogP contribution is 2.37. The van der Waals surface area contributed by atoms with E-state index in [0.29, 0.717) is 6.54 Å². The monoisotopic (exact) mass is 295 g/mol. The number of sulfonamides is 1. The number of nitrogens with zero attached hydrogens (tertiary/aromatic N) is 3. The molecule has 0 bridgehead atoms. The zero-order chi connectivity index (χ0) is 14.0. The fourth-order valence-corrected chi connectivity index (χ4v) is 5.64. The molecule has 1 saturated heterocycles. The van der Waals surface area contributed by atoms with Gasteiger partial charge in [0, 0.05) is 18.9 Å². The average Bonchev–Trinajstić information content (AvgIpc) is 2.99. The lowest BCUT2D eigenvalue weighted by atomic mass is 10.0. The van der Waals surface area contributed by atoms with Crippen molar-refractivity contribution in [2.24, 2.45) is 0 Å². The summed E-state index contributed by atoms with van der Waals surface area (Å²) in [6.45, 7) is 0.625. The lowest BCUT2D eigenvalue weighted by molar-refractivity contribution is 0.369. The van der Waals surface area contributed by atoms with Crippen molar-refractivity contribution >= 4 is 10.0 Å². The van der Waals surface area contributed by atoms with Gasteiger partial charge in [-0.1, -0.05) is 19.3 Å². The molecule has 3 rings (SSSR count). The first-order valence-electron chi connectivity index (χ1n) is 7.46. The van der Waals surface area contributed by atoms with Gasteiger partial charge in [0.2, 0.25) is 10.0 Å². The van der Waals surface area contributed by atoms with Gasteiger partial charge in [-0.05, 0) is 25.7 Å². The van der Waals surface area contributed by atoms with E-state index in [1.807, 2.05) is 0 Å². The average molecular weight is 295 g/mol. The summed E-state index contributed by atoms with van der Waals surface area (Å²) in [7, 11) is -3.19. The van der Waals surface area contributed by atoms with Crippen LogP contribution in [-0.4, -0.2) is 34.5 Å². The Balaban J connectivity index is 1.84. The second kappa shape index (κ2) is 5.77. The fraction of sp³-hybridized carbons (Fsp3) is 0.714. The predicted molar refractivity (Wildman–Crippen MR) is 76.5 cm³/mol. The van der Waals surface area contributed by atoms with Crippen molar-refractivity contribution in [1.29, 1.82) is 0 Å². The molecule has 1 atom stereocenters. The quantitative estimate of drug-likeness (QED) is 0.858. The van der Waals surface area contributed by atoms with Crippen LogP contribution in [0.3, 0.4) is 0 Å². The van der Waals surface area contributed by atoms with Crippen LogP contribution in [0.15, 0.2) is 18.6 Å². The zero-order valence-electron chi connectivity index (χ0n) is 11.6. The van der Waals surface area contributed by atoms with Crippen LogP contribution in [0, 0.1) is 0 Å². The minimum absolute atomic E-state index is 0.115. The lowest BCUT2D eigenvalue weighted by Gasteiger charge is -2.30. The molecule has 2 heterocycles. The Bertz CT molecular complexity index is 541. The van der Waals surface area contributed by atoms with Crippen LogP contribution in [0.1, 0.15) is 56.7 Å². The second-order valence-corrected chi connectivity index (χ2v) is 7.87. The fourth-order valence-electron chi connectivity index (χ4n) is 3.38. The third-order valence-electron chi connectivity index (χ3n) is 4.43. The molecule has 0 aromatic carbocycles. The van der Waals surface area contributed by atoms with E-state index in [0.717, 1.165) is 44.2 Å². The van der Waals surface area contributed by atoms with Gasteiger partial charge >= 0.3 is 0 Å². The number of rotatable bonds is 3. The summed E-state index contributed by atoms with van der Waals surface area (Å²) in [6.07, 6.45) is 11.6. The van der Waals surface area contributed by atoms with Crippen LogP contribution in [0.25, 0.3) is 0 Å². The van der Waals surface area contributed by atoms with Gasteiger partial charge < -0.3 is 0 Å². The lowest BCUT2D eigenvalue weighted by Crippen LogP contribution is -2.39. The van der Waals surface area contributed by atoms with E-state index < -0.39 is 10.0 Å². The molecule has 110 valence electrons. The Hall–Kier alpha value is -1.01. The minimum Gasteiger partial charge on any atom is -0.261 e. The van der Waals surface area contributed by atoms with Gasteiger partial charge in [0.25, 0.3) is 0 Å². The van der Waals surface area contributed by atoms with Gasteiger partial charge in [-0.25, -0.2) is 8.42 Å². The van der Waals surface area contributed by atoms with Crippen molar-refractivity contribution in [3.63, 3.8) is 0 Å². The van der Waals surface area contributed by atoms with Crippen molar-refractivity contribution in [2.75, 3.05) is 6.54 Å². The van der Waals surface area contributed by atoms with E-state index in [1.54, 1.807) is 22.9 Å². The maximum atomic E-state index is 12.8. The summed E-state index contributed by atoms with van der Waals surface area (Å²) < 4.78 is 27.4. The zero-order valence-corrected chi connectivity index (χ0v) is 12.4. The van der Waals surface area contributed by atoms with E-state index in [9.17, 15) is 8.42 Å². The molecule has 2 aliphatic rings. The van der Waals surface area contributed by atoms with Crippen molar-refractivity contribution in [3.05, 3.63) is 24.3 Å². The van der Waals surface area contributed by atoms with Crippen LogP contribution in [0.5, 0.6) is 0 Å². The minimum atomic E-state index is -3.19. The van der Waals surface area contributed by atoms with Crippen LogP contribution >= 0.6 is 0 Å². The first kappa shape index (κ1) is 13.9. The van der Waals surface area contributed by atoms with Gasteiger partial charge in [0.05, 0.1) is 23.2 Å². The molecule has 1 aromatic rings. The van der Waals surface area contributed by atoms with Crippen molar-refractivity contribution in [2.45, 2.75) is 56.2 Å². The third-order valence-corrected chi connectivity index (χ3v) is 6.83. The Morgan fingerprint density at radius 2 is 1.85 bits per heavy atom. The molecule has 0 spiro atoms. The Morgan fingerprint density at radius 1 is 1.05 bits per heavy atom. The smallest absolute Gasteiger partial charge is 0.217 e. The highest BCUT2D eigenvalue weighted by atomic mass is 32.2. The Morgan fingerprint density at radius 3 is 2.55 bits per heavy atom. The summed E-state index contributed by atoms with van der Waals surface area (Å²) in [5.41, 5.74) is 0.782. The maximum absolute atomic E-state index is 12.8. The van der Waals surface area contributed by atoms with Crippen LogP contribution < -0.4 is 0 Å². The van der Waals surface area contributed by atoms with Crippen molar-refractivity contribution in [3.8, 4) is 0 Å². The summed E-state index contributed by atoms with van der Waals surface area (Å²) in [5, 5.41) is -0.187. The first-order chi connectivity index (χ1) is 9.69. The molecule has 0 radical (unpaired) electrons. The number of hydrogen-bond donors (Lipinski definition) is 0. The van der Waals surface area contributed by atoms with Crippen molar-refractivity contribution in [1.82, 2.24) is 14.3 Å².